The van der Waals surface area contributed by atoms with Gasteiger partial charge in [0.05, 0.1) is 12.3 Å². The first-order valence-corrected chi connectivity index (χ1v) is 11.6. The molecule has 24 heavy (non-hydrogen) atoms. The molecule has 1 fully saturated rings. The van der Waals surface area contributed by atoms with Crippen LogP contribution < -0.4 is 5.32 Å². The van der Waals surface area contributed by atoms with E-state index in [2.05, 4.69) is 29.1 Å². The second-order valence-corrected chi connectivity index (χ2v) is 9.67. The number of sulfonamides is 1. The number of aliphatic imine (C=N–C) groups is 1. The molecule has 1 heterocycles. The Morgan fingerprint density at radius 2 is 2.00 bits per heavy atom. The molecule has 6 nitrogen and oxygen atoms in total. The number of hydrogen-bond donors (Lipinski definition) is 1. The first kappa shape index (κ1) is 21.6. The van der Waals surface area contributed by atoms with Crippen LogP contribution in [-0.2, 0) is 10.0 Å². The molecular formula is C16H34N4O2S2. The van der Waals surface area contributed by atoms with Crippen LogP contribution in [0.1, 0.15) is 34.6 Å². The van der Waals surface area contributed by atoms with Crippen LogP contribution in [0.5, 0.6) is 0 Å². The molecule has 0 bridgehead atoms. The van der Waals surface area contributed by atoms with Gasteiger partial charge in [0.1, 0.15) is 0 Å². The lowest BCUT2D eigenvalue weighted by Gasteiger charge is -2.36. The van der Waals surface area contributed by atoms with Crippen LogP contribution in [0, 0.1) is 5.92 Å². The maximum absolute atomic E-state index is 12.3. The van der Waals surface area contributed by atoms with Gasteiger partial charge in [0, 0.05) is 43.7 Å². The number of nitrogens with one attached hydrogen (secondary N) is 1. The molecule has 1 N–H and O–H groups in total. The molecule has 0 aromatic heterocycles. The fourth-order valence-corrected chi connectivity index (χ4v) is 5.38. The summed E-state index contributed by atoms with van der Waals surface area (Å²) in [5.41, 5.74) is 0. The number of nitrogens with zero attached hydrogens (tertiary/aromatic N) is 3. The molecule has 1 atom stereocenters. The fourth-order valence-electron chi connectivity index (χ4n) is 2.71. The molecule has 1 aliphatic heterocycles. The Morgan fingerprint density at radius 1 is 1.33 bits per heavy atom. The molecule has 0 aromatic carbocycles. The summed E-state index contributed by atoms with van der Waals surface area (Å²) in [5.74, 6) is 2.63. The van der Waals surface area contributed by atoms with E-state index in [0.717, 1.165) is 31.3 Å². The molecular weight excluding hydrogens is 344 g/mol. The highest BCUT2D eigenvalue weighted by molar-refractivity contribution is 8.00. The molecule has 0 spiro atoms. The zero-order valence-electron chi connectivity index (χ0n) is 15.8. The van der Waals surface area contributed by atoms with Crippen molar-refractivity contribution in [3.8, 4) is 0 Å². The maximum Gasteiger partial charge on any atom is 0.215 e. The van der Waals surface area contributed by atoms with Crippen LogP contribution in [-0.4, -0.2) is 79.6 Å². The minimum atomic E-state index is -3.21. The van der Waals surface area contributed by atoms with Crippen molar-refractivity contribution >= 4 is 27.7 Å². The van der Waals surface area contributed by atoms with Crippen LogP contribution in [0.3, 0.4) is 0 Å². The Hall–Kier alpha value is -0.470. The topological polar surface area (TPSA) is 65.0 Å². The maximum atomic E-state index is 12.3. The van der Waals surface area contributed by atoms with E-state index in [1.165, 1.54) is 4.31 Å². The second kappa shape index (κ2) is 10.5. The van der Waals surface area contributed by atoms with E-state index in [9.17, 15) is 8.42 Å². The van der Waals surface area contributed by atoms with Gasteiger partial charge in [0.25, 0.3) is 0 Å². The first-order chi connectivity index (χ1) is 11.4. The Bertz CT molecular complexity index is 490. The van der Waals surface area contributed by atoms with Crippen molar-refractivity contribution < 1.29 is 8.42 Å². The summed E-state index contributed by atoms with van der Waals surface area (Å²) in [6.07, 6.45) is 0. The Kier molecular flexibility index (Phi) is 9.44. The van der Waals surface area contributed by atoms with Crippen molar-refractivity contribution in [2.45, 2.75) is 39.9 Å². The molecule has 0 aliphatic carbocycles. The predicted octanol–water partition coefficient (Wildman–Crippen LogP) is 1.70. The summed E-state index contributed by atoms with van der Waals surface area (Å²) in [6, 6.07) is 0. The fraction of sp³-hybridized carbons (Fsp3) is 0.938. The van der Waals surface area contributed by atoms with Crippen LogP contribution in [0.2, 0.25) is 0 Å². The lowest BCUT2D eigenvalue weighted by molar-refractivity contribution is 0.381. The van der Waals surface area contributed by atoms with Gasteiger partial charge in [-0.2, -0.15) is 11.8 Å². The molecule has 142 valence electrons. The number of rotatable bonds is 8. The SMILES string of the molecule is CCNC(=NCCS(=O)(=O)N(CC)CC)N1CCSC(C(C)C)C1. The summed E-state index contributed by atoms with van der Waals surface area (Å²) in [7, 11) is -3.21. The van der Waals surface area contributed by atoms with Gasteiger partial charge in [0.2, 0.25) is 10.0 Å². The highest BCUT2D eigenvalue weighted by atomic mass is 32.2. The van der Waals surface area contributed by atoms with E-state index in [4.69, 9.17) is 0 Å². The average Bonchev–Trinajstić information content (AvgIpc) is 2.55. The molecule has 1 saturated heterocycles. The third-order valence-corrected chi connectivity index (χ3v) is 7.72. The van der Waals surface area contributed by atoms with E-state index in [0.29, 0.717) is 30.8 Å². The number of thioether (sulfide) groups is 1. The summed E-state index contributed by atoms with van der Waals surface area (Å²) in [6.45, 7) is 14.3. The van der Waals surface area contributed by atoms with Crippen molar-refractivity contribution in [1.29, 1.82) is 0 Å². The largest absolute Gasteiger partial charge is 0.357 e. The van der Waals surface area contributed by atoms with Crippen molar-refractivity contribution in [1.82, 2.24) is 14.5 Å². The second-order valence-electron chi connectivity index (χ2n) is 6.24. The van der Waals surface area contributed by atoms with E-state index in [-0.39, 0.29) is 5.75 Å². The van der Waals surface area contributed by atoms with Crippen molar-refractivity contribution in [3.63, 3.8) is 0 Å². The standard InChI is InChI=1S/C16H34N4O2S2/c1-6-17-16(19-10-11-23-15(13-19)14(4)5)18-9-12-24(21,22)20(7-2)8-3/h14-15H,6-13H2,1-5H3,(H,17,18). The van der Waals surface area contributed by atoms with Crippen molar-refractivity contribution in [2.75, 3.05) is 50.8 Å². The van der Waals surface area contributed by atoms with Gasteiger partial charge < -0.3 is 10.2 Å². The molecule has 0 saturated carbocycles. The van der Waals surface area contributed by atoms with Crippen LogP contribution >= 0.6 is 11.8 Å². The van der Waals surface area contributed by atoms with Gasteiger partial charge in [-0.15, -0.1) is 0 Å². The van der Waals surface area contributed by atoms with Gasteiger partial charge in [0.15, 0.2) is 5.96 Å². The van der Waals surface area contributed by atoms with E-state index in [1.54, 1.807) is 0 Å². The quantitative estimate of drug-likeness (QED) is 0.514. The lowest BCUT2D eigenvalue weighted by Crippen LogP contribution is -2.49. The van der Waals surface area contributed by atoms with Gasteiger partial charge in [-0.05, 0) is 12.8 Å². The summed E-state index contributed by atoms with van der Waals surface area (Å²) in [4.78, 5) is 6.86. The molecule has 0 radical (unpaired) electrons. The van der Waals surface area contributed by atoms with E-state index in [1.807, 2.05) is 32.5 Å². The van der Waals surface area contributed by atoms with Gasteiger partial charge in [-0.1, -0.05) is 27.7 Å². The van der Waals surface area contributed by atoms with E-state index >= 15 is 0 Å². The van der Waals surface area contributed by atoms with Crippen LogP contribution in [0.4, 0.5) is 0 Å². The van der Waals surface area contributed by atoms with Gasteiger partial charge >= 0.3 is 0 Å². The number of hydrogen-bond acceptors (Lipinski definition) is 4. The Morgan fingerprint density at radius 3 is 2.54 bits per heavy atom. The van der Waals surface area contributed by atoms with E-state index < -0.39 is 10.0 Å². The predicted molar refractivity (Wildman–Crippen MR) is 105 cm³/mol. The summed E-state index contributed by atoms with van der Waals surface area (Å²) < 4.78 is 26.0. The molecule has 0 amide bonds. The zero-order valence-corrected chi connectivity index (χ0v) is 17.4. The Labute approximate surface area is 152 Å². The molecule has 0 aromatic rings. The Balaban J connectivity index is 2.72. The van der Waals surface area contributed by atoms with Gasteiger partial charge in [-0.25, -0.2) is 12.7 Å². The molecule has 1 rings (SSSR count). The monoisotopic (exact) mass is 378 g/mol. The highest BCUT2D eigenvalue weighted by Crippen LogP contribution is 2.24. The minimum Gasteiger partial charge on any atom is -0.357 e. The minimum absolute atomic E-state index is 0.0692. The smallest absolute Gasteiger partial charge is 0.215 e. The molecule has 1 unspecified atom stereocenters. The third-order valence-electron chi connectivity index (χ3n) is 4.18. The van der Waals surface area contributed by atoms with Crippen molar-refractivity contribution in [3.05, 3.63) is 0 Å². The van der Waals surface area contributed by atoms with Crippen molar-refractivity contribution in [2.24, 2.45) is 10.9 Å². The highest BCUT2D eigenvalue weighted by Gasteiger charge is 2.25. The summed E-state index contributed by atoms with van der Waals surface area (Å²) in [5, 5.41) is 3.91. The normalized spacial score (nSPS) is 20.0. The van der Waals surface area contributed by atoms with Crippen LogP contribution in [0.15, 0.2) is 4.99 Å². The molecule has 8 heteroatoms. The zero-order chi connectivity index (χ0) is 18.2. The first-order valence-electron chi connectivity index (χ1n) is 8.98. The number of guanidine groups is 1. The summed E-state index contributed by atoms with van der Waals surface area (Å²) >= 11 is 2.02. The molecule has 1 aliphatic rings. The average molecular weight is 379 g/mol. The van der Waals surface area contributed by atoms with Crippen LogP contribution in [0.25, 0.3) is 0 Å². The van der Waals surface area contributed by atoms with Gasteiger partial charge in [-0.3, -0.25) is 4.99 Å². The third kappa shape index (κ3) is 6.44. The lowest BCUT2D eigenvalue weighted by atomic mass is 10.1.